The molecule has 4 rings (SSSR count). The van der Waals surface area contributed by atoms with Crippen LogP contribution in [0.15, 0.2) is 38.0 Å². The quantitative estimate of drug-likeness (QED) is 0.0228. The number of amides is 3. The van der Waals surface area contributed by atoms with E-state index in [9.17, 15) is 28.8 Å². The SMILES string of the molecule is C=CC(=O)OCCNC(=O)OC(C)(C)C1CCC(C)(CC[Si]2(C)O[Si](C)(C)O[Si](C)(CCC3(C)CCC(C(C)(C)OC(=O)NCCOC(=O)C=C)O3)O[Si](C)(CCC3(C)CCC(C(C)(C)OC(=O)NCCOC(=O)C=C)O3)O2)O1. The molecule has 8 atom stereocenters. The summed E-state index contributed by atoms with van der Waals surface area (Å²) in [5.41, 5.74) is -4.76. The summed E-state index contributed by atoms with van der Waals surface area (Å²) in [7, 11) is -12.6. The van der Waals surface area contributed by atoms with Crippen molar-refractivity contribution in [2.75, 3.05) is 39.5 Å². The molecule has 0 aromatic heterocycles. The first-order valence-corrected chi connectivity index (χ1v) is 37.9. The molecule has 26 heteroatoms. The van der Waals surface area contributed by atoms with E-state index in [-0.39, 0.29) is 39.5 Å². The van der Waals surface area contributed by atoms with Gasteiger partial charge in [-0.2, -0.15) is 0 Å². The van der Waals surface area contributed by atoms with Gasteiger partial charge in [0.1, 0.15) is 36.6 Å². The van der Waals surface area contributed by atoms with E-state index >= 15 is 0 Å². The number of esters is 3. The molecule has 4 heterocycles. The van der Waals surface area contributed by atoms with Gasteiger partial charge in [-0.1, -0.05) is 19.7 Å². The standard InChI is InChI=1S/C53H93N3O19Si4/c1-18-42(57)63-33-30-54-45(60)69-48(4,5)39-21-24-51(10,66-39)27-36-77(15)72-76(13,14)73-78(16,37-28-52(11)25-22-40(67-52)49(6,7)70-46(61)55-31-34-64-43(58)19-2)75-79(17,74-77)38-29-53(12)26-23-41(68-53)50(8,9)71-47(62)56-32-35-65-44(59)20-3/h18-20,39-41H,1-3,21-38H2,4-17H3,(H,54,60)(H,55,61)(H,56,62). The van der Waals surface area contributed by atoms with Gasteiger partial charge in [-0.25, -0.2) is 28.8 Å². The van der Waals surface area contributed by atoms with Crippen LogP contribution in [-0.4, -0.2) is 162 Å². The molecule has 3 N–H and O–H groups in total. The summed E-state index contributed by atoms with van der Waals surface area (Å²) < 4.78 is 82.5. The van der Waals surface area contributed by atoms with E-state index in [4.69, 9.17) is 59.1 Å². The smallest absolute Gasteiger partial charge is 0.407 e. The zero-order valence-corrected chi connectivity index (χ0v) is 53.6. The van der Waals surface area contributed by atoms with Crippen molar-refractivity contribution in [2.45, 2.75) is 223 Å². The van der Waals surface area contributed by atoms with E-state index in [0.29, 0.717) is 75.9 Å². The molecule has 450 valence electrons. The molecule has 8 unspecified atom stereocenters. The zero-order chi connectivity index (χ0) is 59.4. The van der Waals surface area contributed by atoms with E-state index in [2.05, 4.69) is 76.1 Å². The molecule has 0 saturated carbocycles. The van der Waals surface area contributed by atoms with Crippen molar-refractivity contribution >= 4 is 70.4 Å². The first-order chi connectivity index (χ1) is 36.4. The van der Waals surface area contributed by atoms with Crippen molar-refractivity contribution in [1.29, 1.82) is 0 Å². The van der Waals surface area contributed by atoms with Gasteiger partial charge in [-0.3, -0.25) is 0 Å². The first kappa shape index (κ1) is 67.5. The predicted octanol–water partition coefficient (Wildman–Crippen LogP) is 8.67. The third-order valence-electron chi connectivity index (χ3n) is 14.9. The molecule has 4 saturated heterocycles. The molecule has 0 aromatic rings. The molecule has 3 amide bonds. The van der Waals surface area contributed by atoms with Crippen molar-refractivity contribution in [3.8, 4) is 0 Å². The summed E-state index contributed by atoms with van der Waals surface area (Å²) >= 11 is 0. The van der Waals surface area contributed by atoms with Crippen LogP contribution in [-0.2, 0) is 73.5 Å². The number of hydrogen-bond acceptors (Lipinski definition) is 19. The second kappa shape index (κ2) is 27.4. The van der Waals surface area contributed by atoms with Crippen molar-refractivity contribution < 1.29 is 87.9 Å². The molecule has 4 aliphatic rings. The lowest BCUT2D eigenvalue weighted by molar-refractivity contribution is -0.138. The van der Waals surface area contributed by atoms with Gasteiger partial charge in [0.2, 0.25) is 0 Å². The van der Waals surface area contributed by atoms with Gasteiger partial charge >= 0.3 is 70.4 Å². The van der Waals surface area contributed by atoms with Crippen LogP contribution < -0.4 is 16.0 Å². The van der Waals surface area contributed by atoms with Gasteiger partial charge in [-0.05, 0) is 171 Å². The average molecular weight is 1190 g/mol. The number of carbonyl (C=O) groups is 6. The fourth-order valence-electron chi connectivity index (χ4n) is 10.6. The molecule has 0 spiro atoms. The summed E-state index contributed by atoms with van der Waals surface area (Å²) in [5.74, 6) is -1.75. The number of rotatable bonds is 27. The highest BCUT2D eigenvalue weighted by atomic mass is 28.5. The molecule has 79 heavy (non-hydrogen) atoms. The summed E-state index contributed by atoms with van der Waals surface area (Å²) in [6.45, 7) is 37.8. The van der Waals surface area contributed by atoms with Crippen molar-refractivity contribution in [3.05, 3.63) is 38.0 Å². The van der Waals surface area contributed by atoms with Crippen LogP contribution in [0.1, 0.15) is 120 Å². The van der Waals surface area contributed by atoms with Crippen LogP contribution in [0.5, 0.6) is 0 Å². The Morgan fingerprint density at radius 3 is 0.987 bits per heavy atom. The van der Waals surface area contributed by atoms with Crippen LogP contribution in [0.2, 0.25) is 50.9 Å². The molecule has 0 aromatic carbocycles. The highest BCUT2D eigenvalue weighted by Crippen LogP contribution is 2.47. The highest BCUT2D eigenvalue weighted by molar-refractivity contribution is 6.93. The summed E-state index contributed by atoms with van der Waals surface area (Å²) in [6.07, 6.45) is 5.80. The Kier molecular flexibility index (Phi) is 23.4. The second-order valence-corrected chi connectivity index (χ2v) is 38.7. The minimum atomic E-state index is -3.26. The predicted molar refractivity (Wildman–Crippen MR) is 302 cm³/mol. The molecule has 22 nitrogen and oxygen atoms in total. The normalized spacial score (nSPS) is 30.8. The lowest BCUT2D eigenvalue weighted by Crippen LogP contribution is -2.67. The second-order valence-electron chi connectivity index (χ2n) is 24.4. The molecule has 0 aliphatic carbocycles. The lowest BCUT2D eigenvalue weighted by atomic mass is 9.95. The van der Waals surface area contributed by atoms with E-state index in [1.807, 2.05) is 54.6 Å². The van der Waals surface area contributed by atoms with Crippen LogP contribution in [0.3, 0.4) is 0 Å². The Balaban J connectivity index is 1.50. The molecular weight excluding hydrogens is 1090 g/mol. The van der Waals surface area contributed by atoms with Crippen LogP contribution in [0, 0.1) is 0 Å². The maximum atomic E-state index is 12.9. The van der Waals surface area contributed by atoms with E-state index in [1.54, 1.807) is 0 Å². The average Bonchev–Trinajstić information content (AvgIpc) is 4.13. The highest BCUT2D eigenvalue weighted by Gasteiger charge is 2.58. The Hall–Kier alpha value is -3.97. The minimum Gasteiger partial charge on any atom is -0.461 e. The third-order valence-corrected chi connectivity index (χ3v) is 32.7. The maximum absolute atomic E-state index is 12.9. The number of carbonyl (C=O) groups excluding carboxylic acids is 6. The molecular formula is C53H93N3O19Si4. The van der Waals surface area contributed by atoms with Gasteiger partial charge in [-0.15, -0.1) is 0 Å². The largest absolute Gasteiger partial charge is 0.461 e. The van der Waals surface area contributed by atoms with E-state index in [1.165, 1.54) is 0 Å². The van der Waals surface area contributed by atoms with Gasteiger partial charge in [0.15, 0.2) is 0 Å². The monoisotopic (exact) mass is 1190 g/mol. The zero-order valence-electron chi connectivity index (χ0n) is 49.6. The van der Waals surface area contributed by atoms with Crippen molar-refractivity contribution in [1.82, 2.24) is 16.0 Å². The molecule has 0 radical (unpaired) electrons. The van der Waals surface area contributed by atoms with Crippen LogP contribution in [0.4, 0.5) is 14.4 Å². The number of nitrogens with one attached hydrogen (secondary N) is 3. The first-order valence-electron chi connectivity index (χ1n) is 27.6. The number of alkyl carbamates (subject to hydrolysis) is 3. The Morgan fingerprint density at radius 2 is 0.734 bits per heavy atom. The molecule has 0 bridgehead atoms. The van der Waals surface area contributed by atoms with Crippen molar-refractivity contribution in [3.63, 3.8) is 0 Å². The number of ether oxygens (including phenoxy) is 9. The van der Waals surface area contributed by atoms with Crippen LogP contribution >= 0.6 is 0 Å². The van der Waals surface area contributed by atoms with Crippen molar-refractivity contribution in [2.24, 2.45) is 0 Å². The summed E-state index contributed by atoms with van der Waals surface area (Å²) in [5, 5.41) is 7.88. The fourth-order valence-corrected chi connectivity index (χ4v) is 33.8. The number of hydrogen-bond donors (Lipinski definition) is 3. The van der Waals surface area contributed by atoms with Gasteiger partial charge in [0.25, 0.3) is 0 Å². The Labute approximate surface area is 472 Å². The maximum Gasteiger partial charge on any atom is 0.407 e. The minimum absolute atomic E-state index is 0.0239. The van der Waals surface area contributed by atoms with E-state index in [0.717, 1.165) is 18.2 Å². The third kappa shape index (κ3) is 21.4. The van der Waals surface area contributed by atoms with Gasteiger partial charge < -0.3 is 75.0 Å². The van der Waals surface area contributed by atoms with E-state index < -0.39 is 122 Å². The summed E-state index contributed by atoms with van der Waals surface area (Å²) in [6, 6.07) is 1.68. The molecule has 4 aliphatic heterocycles. The fraction of sp³-hybridized carbons (Fsp3) is 0.774. The summed E-state index contributed by atoms with van der Waals surface area (Å²) in [4.78, 5) is 72.7. The van der Waals surface area contributed by atoms with Gasteiger partial charge in [0.05, 0.1) is 54.7 Å². The Bertz CT molecular complexity index is 2080. The topological polar surface area (TPSA) is 258 Å². The van der Waals surface area contributed by atoms with Crippen LogP contribution in [0.25, 0.3) is 0 Å². The Morgan fingerprint density at radius 1 is 0.481 bits per heavy atom. The molecule has 4 fully saturated rings. The van der Waals surface area contributed by atoms with Gasteiger partial charge in [0, 0.05) is 18.2 Å². The lowest BCUT2D eigenvalue weighted by Gasteiger charge is -2.50.